The predicted molar refractivity (Wildman–Crippen MR) is 86.6 cm³/mol. The number of nitro benzene ring substituents is 1. The maximum absolute atomic E-state index is 11.3. The van der Waals surface area contributed by atoms with E-state index in [1.165, 1.54) is 18.3 Å². The van der Waals surface area contributed by atoms with Crippen LogP contribution in [0.5, 0.6) is 0 Å². The summed E-state index contributed by atoms with van der Waals surface area (Å²) in [5.41, 5.74) is 3.08. The van der Waals surface area contributed by atoms with Crippen LogP contribution in [0.25, 0.3) is 0 Å². The van der Waals surface area contributed by atoms with Gasteiger partial charge in [-0.2, -0.15) is 5.10 Å². The maximum Gasteiger partial charge on any atom is 0.270 e. The molecule has 1 aromatic rings. The van der Waals surface area contributed by atoms with Crippen LogP contribution in [-0.4, -0.2) is 42.2 Å². The Labute approximate surface area is 132 Å². The van der Waals surface area contributed by atoms with Gasteiger partial charge in [0.1, 0.15) is 0 Å². The van der Waals surface area contributed by atoms with Gasteiger partial charge >= 0.3 is 0 Å². The van der Waals surface area contributed by atoms with E-state index in [1.807, 2.05) is 0 Å². The monoisotopic (exact) mass is 342 g/mol. The zero-order valence-corrected chi connectivity index (χ0v) is 13.1. The fourth-order valence-electron chi connectivity index (χ4n) is 2.01. The molecule has 1 atom stereocenters. The molecule has 1 aliphatic rings. The number of sulfone groups is 1. The summed E-state index contributed by atoms with van der Waals surface area (Å²) in [6.45, 7) is 0. The Morgan fingerprint density at radius 1 is 1.50 bits per heavy atom. The first-order chi connectivity index (χ1) is 10.4. The third kappa shape index (κ3) is 4.74. The van der Waals surface area contributed by atoms with E-state index >= 15 is 0 Å². The molecule has 0 bridgehead atoms. The van der Waals surface area contributed by atoms with Crippen LogP contribution in [0.2, 0.25) is 0 Å². The molecule has 0 radical (unpaired) electrons. The zero-order chi connectivity index (χ0) is 16.2. The summed E-state index contributed by atoms with van der Waals surface area (Å²) in [5.74, 6) is 0.216. The molecule has 0 amide bonds. The van der Waals surface area contributed by atoms with E-state index in [0.717, 1.165) is 0 Å². The minimum atomic E-state index is -2.97. The van der Waals surface area contributed by atoms with Crippen LogP contribution >= 0.6 is 12.2 Å². The molecule has 1 aromatic carbocycles. The number of hydrogen-bond acceptors (Lipinski definition) is 6. The van der Waals surface area contributed by atoms with Gasteiger partial charge in [-0.25, -0.2) is 8.42 Å². The highest BCUT2D eigenvalue weighted by Crippen LogP contribution is 2.12. The molecule has 2 N–H and O–H groups in total. The Balaban J connectivity index is 1.86. The summed E-state index contributed by atoms with van der Waals surface area (Å²) >= 11 is 5.01. The first-order valence-electron chi connectivity index (χ1n) is 6.40. The zero-order valence-electron chi connectivity index (χ0n) is 11.4. The van der Waals surface area contributed by atoms with Crippen molar-refractivity contribution in [3.05, 3.63) is 39.9 Å². The molecule has 1 saturated heterocycles. The molecule has 2 rings (SSSR count). The van der Waals surface area contributed by atoms with Crippen molar-refractivity contribution in [2.45, 2.75) is 12.5 Å². The SMILES string of the molecule is O=[N+]([O-])c1cccc(/C=N/NC(=S)NC2CCS(=O)(=O)C2)c1. The Bertz CT molecular complexity index is 718. The lowest BCUT2D eigenvalue weighted by molar-refractivity contribution is -0.384. The second-order valence-electron chi connectivity index (χ2n) is 4.80. The molecule has 1 aliphatic heterocycles. The van der Waals surface area contributed by atoms with Crippen molar-refractivity contribution < 1.29 is 13.3 Å². The van der Waals surface area contributed by atoms with Gasteiger partial charge in [0.25, 0.3) is 5.69 Å². The Kier molecular flexibility index (Phi) is 5.03. The van der Waals surface area contributed by atoms with Crippen molar-refractivity contribution >= 4 is 39.1 Å². The van der Waals surface area contributed by atoms with E-state index in [2.05, 4.69) is 15.8 Å². The van der Waals surface area contributed by atoms with Crippen LogP contribution in [0.4, 0.5) is 5.69 Å². The van der Waals surface area contributed by atoms with Gasteiger partial charge in [0.05, 0.1) is 22.6 Å². The fraction of sp³-hybridized carbons (Fsp3) is 0.333. The first kappa shape index (κ1) is 16.3. The van der Waals surface area contributed by atoms with E-state index in [1.54, 1.807) is 12.1 Å². The van der Waals surface area contributed by atoms with Crippen molar-refractivity contribution in [3.8, 4) is 0 Å². The summed E-state index contributed by atoms with van der Waals surface area (Å²) < 4.78 is 22.6. The molecule has 0 spiro atoms. The first-order valence-corrected chi connectivity index (χ1v) is 8.63. The number of nitrogens with one attached hydrogen (secondary N) is 2. The largest absolute Gasteiger partial charge is 0.358 e. The van der Waals surface area contributed by atoms with Crippen molar-refractivity contribution in [2.24, 2.45) is 5.10 Å². The standard InChI is InChI=1S/C12H14N4O4S2/c17-16(18)11-3-1-2-9(6-11)7-13-15-12(21)14-10-4-5-22(19,20)8-10/h1-3,6-7,10H,4-5,8H2,(H2,14,15,21)/b13-7+. The molecule has 22 heavy (non-hydrogen) atoms. The number of hydrazone groups is 1. The van der Waals surface area contributed by atoms with E-state index in [-0.39, 0.29) is 28.3 Å². The second-order valence-corrected chi connectivity index (χ2v) is 7.43. The van der Waals surface area contributed by atoms with Gasteiger partial charge in [0.2, 0.25) is 0 Å². The third-order valence-corrected chi connectivity index (χ3v) is 5.01. The number of nitrogens with zero attached hydrogens (tertiary/aromatic N) is 2. The lowest BCUT2D eigenvalue weighted by atomic mass is 10.2. The van der Waals surface area contributed by atoms with Gasteiger partial charge in [-0.3, -0.25) is 15.5 Å². The minimum Gasteiger partial charge on any atom is -0.358 e. The Hall–Kier alpha value is -2.07. The number of non-ortho nitro benzene ring substituents is 1. The number of rotatable bonds is 4. The average molecular weight is 342 g/mol. The van der Waals surface area contributed by atoms with E-state index in [9.17, 15) is 18.5 Å². The third-order valence-electron chi connectivity index (χ3n) is 3.03. The topological polar surface area (TPSA) is 114 Å². The van der Waals surface area contributed by atoms with Gasteiger partial charge in [-0.05, 0) is 18.6 Å². The lowest BCUT2D eigenvalue weighted by Crippen LogP contribution is -2.40. The molecule has 10 heteroatoms. The van der Waals surface area contributed by atoms with Gasteiger partial charge < -0.3 is 5.32 Å². The highest BCUT2D eigenvalue weighted by Gasteiger charge is 2.28. The van der Waals surface area contributed by atoms with E-state index in [4.69, 9.17) is 12.2 Å². The normalized spacial score (nSPS) is 19.9. The minimum absolute atomic E-state index is 0.0270. The molecule has 0 aliphatic carbocycles. The summed E-state index contributed by atoms with van der Waals surface area (Å²) in [5, 5.41) is 17.6. The van der Waals surface area contributed by atoms with Gasteiger partial charge in [-0.15, -0.1) is 0 Å². The molecule has 8 nitrogen and oxygen atoms in total. The Morgan fingerprint density at radius 3 is 2.91 bits per heavy atom. The number of thiocarbonyl (C=S) groups is 1. The summed E-state index contributed by atoms with van der Waals surface area (Å²) in [6.07, 6.45) is 1.91. The van der Waals surface area contributed by atoms with Crippen molar-refractivity contribution in [3.63, 3.8) is 0 Å². The van der Waals surface area contributed by atoms with Crippen molar-refractivity contribution in [2.75, 3.05) is 11.5 Å². The average Bonchev–Trinajstić information content (AvgIpc) is 2.78. The van der Waals surface area contributed by atoms with Crippen LogP contribution in [-0.2, 0) is 9.84 Å². The molecule has 1 fully saturated rings. The Morgan fingerprint density at radius 2 is 2.27 bits per heavy atom. The highest BCUT2D eigenvalue weighted by atomic mass is 32.2. The highest BCUT2D eigenvalue weighted by molar-refractivity contribution is 7.91. The van der Waals surface area contributed by atoms with Crippen LogP contribution < -0.4 is 10.7 Å². The predicted octanol–water partition coefficient (Wildman–Crippen LogP) is 0.580. The molecule has 0 saturated carbocycles. The molecule has 118 valence electrons. The number of nitro groups is 1. The fourth-order valence-corrected chi connectivity index (χ4v) is 3.90. The molecule has 1 unspecified atom stereocenters. The molecule has 0 aromatic heterocycles. The molecular weight excluding hydrogens is 328 g/mol. The van der Waals surface area contributed by atoms with Crippen LogP contribution in [0.1, 0.15) is 12.0 Å². The van der Waals surface area contributed by atoms with Crippen LogP contribution in [0.3, 0.4) is 0 Å². The summed E-state index contributed by atoms with van der Waals surface area (Å²) in [7, 11) is -2.97. The summed E-state index contributed by atoms with van der Waals surface area (Å²) in [6, 6.07) is 5.78. The van der Waals surface area contributed by atoms with Gasteiger partial charge in [0, 0.05) is 23.7 Å². The smallest absolute Gasteiger partial charge is 0.270 e. The quantitative estimate of drug-likeness (QED) is 0.356. The maximum atomic E-state index is 11.3. The van der Waals surface area contributed by atoms with Gasteiger partial charge in [0.15, 0.2) is 14.9 Å². The second kappa shape index (κ2) is 6.79. The van der Waals surface area contributed by atoms with Gasteiger partial charge in [-0.1, -0.05) is 12.1 Å². The summed E-state index contributed by atoms with van der Waals surface area (Å²) in [4.78, 5) is 10.2. The lowest BCUT2D eigenvalue weighted by Gasteiger charge is -2.11. The van der Waals surface area contributed by atoms with Crippen LogP contribution in [0.15, 0.2) is 29.4 Å². The van der Waals surface area contributed by atoms with Crippen molar-refractivity contribution in [1.29, 1.82) is 0 Å². The van der Waals surface area contributed by atoms with E-state index < -0.39 is 14.8 Å². The number of hydrogen-bond donors (Lipinski definition) is 2. The van der Waals surface area contributed by atoms with E-state index in [0.29, 0.717) is 12.0 Å². The van der Waals surface area contributed by atoms with Crippen LogP contribution in [0, 0.1) is 10.1 Å². The van der Waals surface area contributed by atoms with Crippen molar-refractivity contribution in [1.82, 2.24) is 10.7 Å². The number of benzene rings is 1. The molecule has 1 heterocycles. The molecular formula is C12H14N4O4S2.